The predicted molar refractivity (Wildman–Crippen MR) is 62.2 cm³/mol. The summed E-state index contributed by atoms with van der Waals surface area (Å²) in [6, 6.07) is -0.979. The number of amides is 1. The molecule has 0 saturated heterocycles. The molecule has 9 heteroatoms. The van der Waals surface area contributed by atoms with E-state index in [9.17, 15) is 9.59 Å². The largest absolute Gasteiger partial charge is 0.480 e. The summed E-state index contributed by atoms with van der Waals surface area (Å²) >= 11 is 0. The summed E-state index contributed by atoms with van der Waals surface area (Å²) in [5.41, 5.74) is 13.7. The molecule has 108 valence electrons. The minimum Gasteiger partial charge on any atom is -0.480 e. The van der Waals surface area contributed by atoms with Gasteiger partial charge in [0.25, 0.3) is 0 Å². The highest BCUT2D eigenvalue weighted by Crippen LogP contribution is 1.93. The Morgan fingerprint density at radius 2 is 1.50 bits per heavy atom. The maximum Gasteiger partial charge on any atom is 0.320 e. The minimum atomic E-state index is -1.21. The van der Waals surface area contributed by atoms with E-state index in [4.69, 9.17) is 37.6 Å². The highest BCUT2D eigenvalue weighted by atomic mass is 16.4. The Morgan fingerprint density at radius 3 is 1.67 bits per heavy atom. The minimum absolute atomic E-state index is 0.0213. The van der Waals surface area contributed by atoms with Crippen LogP contribution >= 0.6 is 0 Å². The normalized spacial score (nSPS) is 12.3. The van der Waals surface area contributed by atoms with Crippen LogP contribution in [0, 0.1) is 0 Å². The number of carboxylic acids is 1. The number of aliphatic hydroxyl groups excluding tert-OH is 3. The molecule has 0 aromatic rings. The summed E-state index contributed by atoms with van der Waals surface area (Å²) in [6.45, 7) is -1.21. The molecule has 18 heavy (non-hydrogen) atoms. The zero-order valence-electron chi connectivity index (χ0n) is 9.95. The Morgan fingerprint density at radius 1 is 1.11 bits per heavy atom. The van der Waals surface area contributed by atoms with Crippen LogP contribution in [0.2, 0.25) is 0 Å². The number of hydrogen-bond acceptors (Lipinski definition) is 7. The van der Waals surface area contributed by atoms with Crippen LogP contribution in [-0.2, 0) is 9.59 Å². The van der Waals surface area contributed by atoms with Crippen molar-refractivity contribution in [3.05, 3.63) is 0 Å². The molecule has 0 aliphatic heterocycles. The average molecular weight is 267 g/mol. The molecular weight excluding hydrogens is 246 g/mol. The van der Waals surface area contributed by atoms with E-state index in [0.717, 1.165) is 0 Å². The number of hydrogen-bond donors (Lipinski definition) is 7. The molecule has 0 radical (unpaired) electrons. The van der Waals surface area contributed by atoms with Crippen LogP contribution in [0.3, 0.4) is 0 Å². The van der Waals surface area contributed by atoms with Gasteiger partial charge in [-0.25, -0.2) is 0 Å². The van der Waals surface area contributed by atoms with Crippen LogP contribution in [0.1, 0.15) is 12.8 Å². The van der Waals surface area contributed by atoms with E-state index in [1.807, 2.05) is 0 Å². The molecule has 0 unspecified atom stereocenters. The number of primary amides is 1. The third-order valence-electron chi connectivity index (χ3n) is 1.96. The highest BCUT2D eigenvalue weighted by molar-refractivity contribution is 5.76. The van der Waals surface area contributed by atoms with E-state index >= 15 is 0 Å². The van der Waals surface area contributed by atoms with Crippen molar-refractivity contribution in [2.24, 2.45) is 17.2 Å². The summed E-state index contributed by atoms with van der Waals surface area (Å²) in [4.78, 5) is 20.1. The van der Waals surface area contributed by atoms with Gasteiger partial charge in [-0.2, -0.15) is 0 Å². The lowest BCUT2D eigenvalue weighted by Gasteiger charge is -2.20. The molecule has 1 amide bonds. The lowest BCUT2D eigenvalue weighted by atomic mass is 10.1. The van der Waals surface area contributed by atoms with Gasteiger partial charge in [-0.3, -0.25) is 9.59 Å². The number of carbonyl (C=O) groups excluding carboxylic acids is 1. The van der Waals surface area contributed by atoms with Crippen LogP contribution in [-0.4, -0.2) is 63.7 Å². The van der Waals surface area contributed by atoms with Crippen molar-refractivity contribution in [1.29, 1.82) is 0 Å². The molecule has 0 aromatic heterocycles. The number of aliphatic carboxylic acids is 1. The van der Waals surface area contributed by atoms with Gasteiger partial charge in [-0.15, -0.1) is 0 Å². The summed E-state index contributed by atoms with van der Waals surface area (Å²) < 4.78 is 0. The molecule has 1 atom stereocenters. The lowest BCUT2D eigenvalue weighted by Crippen LogP contribution is -2.50. The van der Waals surface area contributed by atoms with Crippen molar-refractivity contribution in [1.82, 2.24) is 0 Å². The van der Waals surface area contributed by atoms with Gasteiger partial charge in [-0.05, 0) is 6.42 Å². The topological polar surface area (TPSA) is 193 Å². The van der Waals surface area contributed by atoms with Gasteiger partial charge in [0.15, 0.2) is 0 Å². The molecule has 0 heterocycles. The standard InChI is InChI=1S/C5H10N2O3.C4H11NO3/c6-3(5(9)10)1-2-4(7)8;5-4(1-6,2-7)3-8/h3H,1-2,6H2,(H2,7,8)(H,9,10);6-8H,1-3,5H2/t3-;/m0./s1. The Bertz CT molecular complexity index is 248. The van der Waals surface area contributed by atoms with Gasteiger partial charge < -0.3 is 37.6 Å². The zero-order valence-corrected chi connectivity index (χ0v) is 9.95. The third-order valence-corrected chi connectivity index (χ3v) is 1.96. The lowest BCUT2D eigenvalue weighted by molar-refractivity contribution is -0.138. The fourth-order valence-corrected chi connectivity index (χ4v) is 0.571. The fraction of sp³-hybridized carbons (Fsp3) is 0.778. The van der Waals surface area contributed by atoms with E-state index in [-0.39, 0.29) is 12.8 Å². The Kier molecular flexibility index (Phi) is 10.3. The van der Waals surface area contributed by atoms with Crippen LogP contribution in [0.25, 0.3) is 0 Å². The van der Waals surface area contributed by atoms with Gasteiger partial charge in [-0.1, -0.05) is 0 Å². The second kappa shape index (κ2) is 9.74. The van der Waals surface area contributed by atoms with Gasteiger partial charge in [0, 0.05) is 6.42 Å². The molecule has 0 bridgehead atoms. The van der Waals surface area contributed by atoms with Crippen LogP contribution in [0.5, 0.6) is 0 Å². The Balaban J connectivity index is 0. The summed E-state index contributed by atoms with van der Waals surface area (Å²) in [5.74, 6) is -1.64. The molecule has 9 nitrogen and oxygen atoms in total. The highest BCUT2D eigenvalue weighted by Gasteiger charge is 2.20. The summed E-state index contributed by atoms with van der Waals surface area (Å²) in [6.07, 6.45) is 0.123. The number of aliphatic hydroxyl groups is 3. The van der Waals surface area contributed by atoms with E-state index in [1.165, 1.54) is 0 Å². The first-order valence-electron chi connectivity index (χ1n) is 5.10. The molecule has 0 aliphatic carbocycles. The Hall–Kier alpha value is -1.26. The Labute approximate surface area is 104 Å². The first-order valence-corrected chi connectivity index (χ1v) is 5.10. The monoisotopic (exact) mass is 267 g/mol. The summed E-state index contributed by atoms with van der Waals surface area (Å²) in [5, 5.41) is 33.2. The van der Waals surface area contributed by atoms with Gasteiger partial charge in [0.05, 0.1) is 25.4 Å². The number of nitrogens with two attached hydrogens (primary N) is 3. The molecule has 0 saturated carbocycles. The molecule has 0 aromatic carbocycles. The number of carbonyl (C=O) groups is 2. The molecule has 0 spiro atoms. The van der Waals surface area contributed by atoms with Crippen molar-refractivity contribution < 1.29 is 30.0 Å². The zero-order chi connectivity index (χ0) is 14.8. The number of carboxylic acid groups (broad SMARTS) is 1. The maximum atomic E-state index is 10.1. The van der Waals surface area contributed by atoms with E-state index in [0.29, 0.717) is 0 Å². The van der Waals surface area contributed by atoms with Gasteiger partial charge in [0.2, 0.25) is 5.91 Å². The van der Waals surface area contributed by atoms with Gasteiger partial charge in [0.1, 0.15) is 6.04 Å². The van der Waals surface area contributed by atoms with E-state index < -0.39 is 43.3 Å². The van der Waals surface area contributed by atoms with Crippen molar-refractivity contribution in [2.75, 3.05) is 19.8 Å². The maximum absolute atomic E-state index is 10.1. The van der Waals surface area contributed by atoms with Crippen LogP contribution in [0.4, 0.5) is 0 Å². The van der Waals surface area contributed by atoms with Crippen molar-refractivity contribution in [2.45, 2.75) is 24.4 Å². The molecule has 10 N–H and O–H groups in total. The van der Waals surface area contributed by atoms with Crippen molar-refractivity contribution in [3.8, 4) is 0 Å². The quantitative estimate of drug-likeness (QED) is 0.245. The second-order valence-electron chi connectivity index (χ2n) is 3.79. The van der Waals surface area contributed by atoms with Crippen LogP contribution in [0.15, 0.2) is 0 Å². The third kappa shape index (κ3) is 9.93. The fourth-order valence-electron chi connectivity index (χ4n) is 0.571. The first-order chi connectivity index (χ1) is 8.22. The molecule has 0 aliphatic rings. The van der Waals surface area contributed by atoms with Crippen molar-refractivity contribution >= 4 is 11.9 Å². The number of rotatable bonds is 7. The molecular formula is C9H21N3O6. The second-order valence-corrected chi connectivity index (χ2v) is 3.79. The van der Waals surface area contributed by atoms with E-state index in [2.05, 4.69) is 0 Å². The molecule has 0 fully saturated rings. The summed E-state index contributed by atoms with van der Waals surface area (Å²) in [7, 11) is 0. The SMILES string of the molecule is NC(=O)CC[C@H](N)C(=O)O.NC(CO)(CO)CO. The van der Waals surface area contributed by atoms with Gasteiger partial charge >= 0.3 is 5.97 Å². The molecule has 0 rings (SSSR count). The first kappa shape index (κ1) is 19.1. The van der Waals surface area contributed by atoms with Crippen molar-refractivity contribution in [3.63, 3.8) is 0 Å². The van der Waals surface area contributed by atoms with Crippen LogP contribution < -0.4 is 17.2 Å². The van der Waals surface area contributed by atoms with E-state index in [1.54, 1.807) is 0 Å². The average Bonchev–Trinajstić information content (AvgIpc) is 2.35. The predicted octanol–water partition coefficient (Wildman–Crippen LogP) is -3.68. The smallest absolute Gasteiger partial charge is 0.320 e.